The number of hydrogen-bond acceptors (Lipinski definition) is 2. The van der Waals surface area contributed by atoms with Crippen molar-refractivity contribution in [1.82, 2.24) is 5.32 Å². The van der Waals surface area contributed by atoms with E-state index in [0.717, 1.165) is 25.7 Å². The van der Waals surface area contributed by atoms with Crippen LogP contribution in [0.5, 0.6) is 0 Å². The fourth-order valence-electron chi connectivity index (χ4n) is 2.31. The molecule has 2 atom stereocenters. The molecule has 0 heterocycles. The Hall–Kier alpha value is -0.290. The van der Waals surface area contributed by atoms with Crippen LogP contribution in [-0.4, -0.2) is 31.0 Å². The maximum absolute atomic E-state index is 11.9. The molecule has 5 heteroatoms. The zero-order valence-electron chi connectivity index (χ0n) is 9.39. The van der Waals surface area contributed by atoms with E-state index in [1.807, 2.05) is 0 Å². The van der Waals surface area contributed by atoms with Crippen molar-refractivity contribution in [2.45, 2.75) is 38.3 Å². The third kappa shape index (κ3) is 5.16. The second-order valence-electron chi connectivity index (χ2n) is 4.56. The van der Waals surface area contributed by atoms with Crippen molar-refractivity contribution in [3.8, 4) is 0 Å². The van der Waals surface area contributed by atoms with Gasteiger partial charge in [0, 0.05) is 13.2 Å². The van der Waals surface area contributed by atoms with Crippen LogP contribution in [0.4, 0.5) is 13.2 Å². The van der Waals surface area contributed by atoms with Gasteiger partial charge in [-0.05, 0) is 31.2 Å². The van der Waals surface area contributed by atoms with Crippen molar-refractivity contribution < 1.29 is 18.3 Å². The summed E-state index contributed by atoms with van der Waals surface area (Å²) >= 11 is 0. The van der Waals surface area contributed by atoms with E-state index in [9.17, 15) is 13.2 Å². The summed E-state index contributed by atoms with van der Waals surface area (Å²) in [6, 6.07) is 0. The summed E-state index contributed by atoms with van der Waals surface area (Å²) < 4.78 is 35.7. The fraction of sp³-hybridized carbons (Fsp3) is 1.00. The van der Waals surface area contributed by atoms with Gasteiger partial charge in [-0.1, -0.05) is 12.8 Å². The van der Waals surface area contributed by atoms with E-state index in [2.05, 4.69) is 5.32 Å². The van der Waals surface area contributed by atoms with Crippen LogP contribution in [0.3, 0.4) is 0 Å². The minimum absolute atomic E-state index is 0.0157. The van der Waals surface area contributed by atoms with E-state index in [0.29, 0.717) is 12.5 Å². The standard InChI is InChI=1S/C11H20F3NO/c12-11(13,14)5-6-15-7-9-3-1-2-4-10(9)8-16/h9-10,15-16H,1-8H2. The van der Waals surface area contributed by atoms with Gasteiger partial charge in [-0.2, -0.15) is 13.2 Å². The van der Waals surface area contributed by atoms with Crippen molar-refractivity contribution in [2.24, 2.45) is 11.8 Å². The lowest BCUT2D eigenvalue weighted by atomic mass is 9.79. The number of aliphatic hydroxyl groups is 1. The van der Waals surface area contributed by atoms with Gasteiger partial charge >= 0.3 is 6.18 Å². The normalized spacial score (nSPS) is 27.0. The highest BCUT2D eigenvalue weighted by atomic mass is 19.4. The average Bonchev–Trinajstić information content (AvgIpc) is 2.23. The Kier molecular flexibility index (Phi) is 5.55. The second-order valence-corrected chi connectivity index (χ2v) is 4.56. The summed E-state index contributed by atoms with van der Waals surface area (Å²) in [6.07, 6.45) is -0.571. The van der Waals surface area contributed by atoms with Crippen LogP contribution in [0.1, 0.15) is 32.1 Å². The quantitative estimate of drug-likeness (QED) is 0.722. The molecule has 96 valence electrons. The van der Waals surface area contributed by atoms with E-state index in [1.165, 1.54) is 0 Å². The monoisotopic (exact) mass is 239 g/mol. The molecule has 0 aliphatic heterocycles. The van der Waals surface area contributed by atoms with Gasteiger partial charge in [-0.15, -0.1) is 0 Å². The smallest absolute Gasteiger partial charge is 0.390 e. The SMILES string of the molecule is OCC1CCCCC1CNCCC(F)(F)F. The third-order valence-electron chi connectivity index (χ3n) is 3.29. The van der Waals surface area contributed by atoms with Crippen LogP contribution in [0.15, 0.2) is 0 Å². The Morgan fingerprint density at radius 2 is 1.75 bits per heavy atom. The molecule has 0 aromatic heterocycles. The first-order chi connectivity index (χ1) is 7.53. The molecule has 2 unspecified atom stereocenters. The zero-order chi connectivity index (χ0) is 12.0. The molecule has 0 amide bonds. The fourth-order valence-corrected chi connectivity index (χ4v) is 2.31. The van der Waals surface area contributed by atoms with Crippen molar-refractivity contribution in [2.75, 3.05) is 19.7 Å². The number of aliphatic hydroxyl groups excluding tert-OH is 1. The number of halogens is 3. The lowest BCUT2D eigenvalue weighted by molar-refractivity contribution is -0.133. The molecule has 0 radical (unpaired) electrons. The minimum atomic E-state index is -4.07. The molecule has 1 rings (SSSR count). The summed E-state index contributed by atoms with van der Waals surface area (Å²) in [6.45, 7) is 0.741. The molecule has 1 aliphatic rings. The Bertz CT molecular complexity index is 196. The summed E-state index contributed by atoms with van der Waals surface area (Å²) in [5.74, 6) is 0.610. The minimum Gasteiger partial charge on any atom is -0.396 e. The summed E-state index contributed by atoms with van der Waals surface area (Å²) in [7, 11) is 0. The maximum Gasteiger partial charge on any atom is 0.390 e. The lowest BCUT2D eigenvalue weighted by Gasteiger charge is -2.30. The summed E-state index contributed by atoms with van der Waals surface area (Å²) in [5.41, 5.74) is 0. The largest absolute Gasteiger partial charge is 0.396 e. The molecule has 0 aromatic rings. The van der Waals surface area contributed by atoms with Crippen LogP contribution in [0.25, 0.3) is 0 Å². The summed E-state index contributed by atoms with van der Waals surface area (Å²) in [4.78, 5) is 0. The molecule has 0 aromatic carbocycles. The van der Waals surface area contributed by atoms with E-state index in [4.69, 9.17) is 5.11 Å². The molecule has 2 N–H and O–H groups in total. The predicted octanol–water partition coefficient (Wildman–Crippen LogP) is 2.33. The molecule has 16 heavy (non-hydrogen) atoms. The molecule has 0 saturated heterocycles. The Balaban J connectivity index is 2.15. The van der Waals surface area contributed by atoms with Gasteiger partial charge in [0.25, 0.3) is 0 Å². The van der Waals surface area contributed by atoms with Crippen LogP contribution in [0, 0.1) is 11.8 Å². The zero-order valence-corrected chi connectivity index (χ0v) is 9.39. The first-order valence-corrected chi connectivity index (χ1v) is 5.91. The Morgan fingerprint density at radius 3 is 2.31 bits per heavy atom. The summed E-state index contributed by atoms with van der Waals surface area (Å²) in [5, 5.41) is 12.0. The van der Waals surface area contributed by atoms with Crippen molar-refractivity contribution in [1.29, 1.82) is 0 Å². The van der Waals surface area contributed by atoms with E-state index in [-0.39, 0.29) is 19.1 Å². The topological polar surface area (TPSA) is 32.3 Å². The maximum atomic E-state index is 11.9. The molecule has 2 nitrogen and oxygen atoms in total. The molecule has 1 aliphatic carbocycles. The van der Waals surface area contributed by atoms with Crippen molar-refractivity contribution >= 4 is 0 Å². The molecule has 0 spiro atoms. The first-order valence-electron chi connectivity index (χ1n) is 5.91. The van der Waals surface area contributed by atoms with E-state index >= 15 is 0 Å². The van der Waals surface area contributed by atoms with Gasteiger partial charge in [0.15, 0.2) is 0 Å². The molecule has 0 bridgehead atoms. The number of rotatable bonds is 5. The number of hydrogen-bond donors (Lipinski definition) is 2. The molecular formula is C11H20F3NO. The van der Waals surface area contributed by atoms with Crippen LogP contribution < -0.4 is 5.32 Å². The van der Waals surface area contributed by atoms with Crippen molar-refractivity contribution in [3.05, 3.63) is 0 Å². The molecular weight excluding hydrogens is 219 g/mol. The van der Waals surface area contributed by atoms with Gasteiger partial charge in [0.2, 0.25) is 0 Å². The second kappa shape index (κ2) is 6.45. The van der Waals surface area contributed by atoms with Gasteiger partial charge in [0.1, 0.15) is 0 Å². The van der Waals surface area contributed by atoms with Gasteiger partial charge in [-0.25, -0.2) is 0 Å². The highest BCUT2D eigenvalue weighted by Gasteiger charge is 2.27. The average molecular weight is 239 g/mol. The molecule has 1 fully saturated rings. The van der Waals surface area contributed by atoms with E-state index < -0.39 is 12.6 Å². The van der Waals surface area contributed by atoms with Crippen LogP contribution in [-0.2, 0) is 0 Å². The Morgan fingerprint density at radius 1 is 1.12 bits per heavy atom. The number of nitrogens with one attached hydrogen (secondary N) is 1. The number of alkyl halides is 3. The van der Waals surface area contributed by atoms with Gasteiger partial charge in [0.05, 0.1) is 6.42 Å². The molecule has 1 saturated carbocycles. The van der Waals surface area contributed by atoms with Crippen LogP contribution >= 0.6 is 0 Å². The van der Waals surface area contributed by atoms with E-state index in [1.54, 1.807) is 0 Å². The highest BCUT2D eigenvalue weighted by molar-refractivity contribution is 4.76. The lowest BCUT2D eigenvalue weighted by Crippen LogP contribution is -2.33. The van der Waals surface area contributed by atoms with Gasteiger partial charge in [-0.3, -0.25) is 0 Å². The first kappa shape index (κ1) is 13.8. The van der Waals surface area contributed by atoms with Crippen molar-refractivity contribution in [3.63, 3.8) is 0 Å². The highest BCUT2D eigenvalue weighted by Crippen LogP contribution is 2.29. The van der Waals surface area contributed by atoms with Crippen LogP contribution in [0.2, 0.25) is 0 Å². The predicted molar refractivity (Wildman–Crippen MR) is 56.1 cm³/mol. The van der Waals surface area contributed by atoms with Gasteiger partial charge < -0.3 is 10.4 Å². The third-order valence-corrected chi connectivity index (χ3v) is 3.29. The Labute approximate surface area is 94.2 Å².